The third-order valence-corrected chi connectivity index (χ3v) is 6.66. The molecule has 2 N–H and O–H groups in total. The van der Waals surface area contributed by atoms with Crippen molar-refractivity contribution >= 4 is 11.6 Å². The van der Waals surface area contributed by atoms with E-state index in [0.29, 0.717) is 6.54 Å². The Morgan fingerprint density at radius 1 is 0.686 bits per heavy atom. The molecule has 0 saturated carbocycles. The van der Waals surface area contributed by atoms with Crippen molar-refractivity contribution in [2.24, 2.45) is 0 Å². The van der Waals surface area contributed by atoms with E-state index < -0.39 is 0 Å². The van der Waals surface area contributed by atoms with Crippen LogP contribution in [0.5, 0.6) is 5.75 Å². The molecule has 0 bridgehead atoms. The van der Waals surface area contributed by atoms with Crippen LogP contribution in [0, 0.1) is 0 Å². The van der Waals surface area contributed by atoms with Gasteiger partial charge in [-0.25, -0.2) is 0 Å². The number of ether oxygens (including phenoxy) is 1. The lowest BCUT2D eigenvalue weighted by atomic mass is 10.0. The van der Waals surface area contributed by atoms with Gasteiger partial charge in [-0.2, -0.15) is 0 Å². The van der Waals surface area contributed by atoms with Crippen LogP contribution in [-0.2, 0) is 4.79 Å². The number of hydrogen-bond donors (Lipinski definition) is 2. The number of anilines is 1. The fourth-order valence-corrected chi connectivity index (χ4v) is 4.38. The highest BCUT2D eigenvalue weighted by molar-refractivity contribution is 5.80. The van der Waals surface area contributed by atoms with E-state index in [1.54, 1.807) is 0 Å². The number of rotatable bonds is 25. The van der Waals surface area contributed by atoms with Crippen molar-refractivity contribution in [3.63, 3.8) is 0 Å². The zero-order chi connectivity index (χ0) is 25.2. The topological polar surface area (TPSA) is 50.4 Å². The number of nitrogens with one attached hydrogen (secondary N) is 2. The van der Waals surface area contributed by atoms with Crippen LogP contribution in [0.1, 0.15) is 136 Å². The molecule has 0 spiro atoms. The second-order valence-electron chi connectivity index (χ2n) is 10.1. The Balaban J connectivity index is 1.93. The number of amides is 1. The molecule has 1 rings (SSSR count). The van der Waals surface area contributed by atoms with E-state index in [2.05, 4.69) is 24.5 Å². The molecule has 0 aliphatic heterocycles. The summed E-state index contributed by atoms with van der Waals surface area (Å²) in [5.74, 6) is 0.926. The summed E-state index contributed by atoms with van der Waals surface area (Å²) in [6, 6.07) is 7.91. The zero-order valence-electron chi connectivity index (χ0n) is 23.2. The van der Waals surface area contributed by atoms with Gasteiger partial charge >= 0.3 is 0 Å². The van der Waals surface area contributed by atoms with Gasteiger partial charge in [-0.05, 0) is 25.0 Å². The average molecular weight is 489 g/mol. The lowest BCUT2D eigenvalue weighted by Gasteiger charge is -2.10. The Bertz CT molecular complexity index is 605. The Morgan fingerprint density at radius 2 is 1.20 bits per heavy atom. The van der Waals surface area contributed by atoms with Crippen LogP contribution in [-0.4, -0.2) is 25.6 Å². The van der Waals surface area contributed by atoms with Crippen LogP contribution in [0.3, 0.4) is 0 Å². The highest BCUT2D eigenvalue weighted by Gasteiger charge is 2.02. The molecule has 0 heterocycles. The molecule has 0 fully saturated rings. The highest BCUT2D eigenvalue weighted by Crippen LogP contribution is 2.18. The summed E-state index contributed by atoms with van der Waals surface area (Å²) in [5.41, 5.74) is 0.931. The third kappa shape index (κ3) is 20.2. The van der Waals surface area contributed by atoms with Gasteiger partial charge in [0, 0.05) is 18.3 Å². The lowest BCUT2D eigenvalue weighted by Crippen LogP contribution is -2.30. The van der Waals surface area contributed by atoms with Crippen molar-refractivity contribution in [1.82, 2.24) is 5.32 Å². The molecule has 0 aliphatic carbocycles. The van der Waals surface area contributed by atoms with Crippen LogP contribution in [0.2, 0.25) is 0 Å². The van der Waals surface area contributed by atoms with Gasteiger partial charge in [-0.1, -0.05) is 129 Å². The number of carbonyl (C=O) groups excluding carboxylic acids is 1. The van der Waals surface area contributed by atoms with Crippen molar-refractivity contribution in [1.29, 1.82) is 0 Å². The summed E-state index contributed by atoms with van der Waals surface area (Å²) in [7, 11) is 0. The van der Waals surface area contributed by atoms with E-state index >= 15 is 0 Å². The second kappa shape index (κ2) is 24.0. The van der Waals surface area contributed by atoms with Crippen LogP contribution in [0.15, 0.2) is 24.3 Å². The van der Waals surface area contributed by atoms with Crippen LogP contribution >= 0.6 is 0 Å². The molecule has 4 heteroatoms. The quantitative estimate of drug-likeness (QED) is 0.135. The van der Waals surface area contributed by atoms with Gasteiger partial charge < -0.3 is 15.4 Å². The van der Waals surface area contributed by atoms with Gasteiger partial charge in [0.2, 0.25) is 5.91 Å². The minimum Gasteiger partial charge on any atom is -0.494 e. The summed E-state index contributed by atoms with van der Waals surface area (Å²) in [6.07, 6.45) is 25.1. The van der Waals surface area contributed by atoms with E-state index in [0.717, 1.165) is 37.4 Å². The Labute approximate surface area is 217 Å². The fraction of sp³-hybridized carbons (Fsp3) is 0.774. The minimum absolute atomic E-state index is 0.0574. The monoisotopic (exact) mass is 488 g/mol. The maximum Gasteiger partial charge on any atom is 0.239 e. The first-order chi connectivity index (χ1) is 17.3. The van der Waals surface area contributed by atoms with Gasteiger partial charge in [-0.15, -0.1) is 0 Å². The first-order valence-electron chi connectivity index (χ1n) is 15.0. The molecular formula is C31H56N2O2. The standard InChI is InChI=1S/C31H56N2O2/c1-3-5-7-9-10-11-12-13-14-15-16-17-18-20-25-32-31(34)28-33-29-23-22-24-30(27-29)35-26-21-19-8-6-4-2/h22-24,27,33H,3-21,25-26,28H2,1-2H3,(H,32,34). The smallest absolute Gasteiger partial charge is 0.239 e. The van der Waals surface area contributed by atoms with Gasteiger partial charge in [0.15, 0.2) is 0 Å². The molecular weight excluding hydrogens is 432 g/mol. The molecule has 1 aromatic rings. The van der Waals surface area contributed by atoms with Gasteiger partial charge in [0.05, 0.1) is 13.2 Å². The first-order valence-corrected chi connectivity index (χ1v) is 15.0. The zero-order valence-corrected chi connectivity index (χ0v) is 23.2. The molecule has 4 nitrogen and oxygen atoms in total. The number of unbranched alkanes of at least 4 members (excludes halogenated alkanes) is 17. The number of carbonyl (C=O) groups is 1. The number of hydrogen-bond acceptors (Lipinski definition) is 3. The van der Waals surface area contributed by atoms with Crippen molar-refractivity contribution in [3.8, 4) is 5.75 Å². The minimum atomic E-state index is 0.0574. The predicted molar refractivity (Wildman–Crippen MR) is 153 cm³/mol. The van der Waals surface area contributed by atoms with Crippen molar-refractivity contribution in [2.45, 2.75) is 136 Å². The summed E-state index contributed by atoms with van der Waals surface area (Å²) >= 11 is 0. The van der Waals surface area contributed by atoms with Crippen molar-refractivity contribution < 1.29 is 9.53 Å². The SMILES string of the molecule is CCCCCCCCCCCCCCCCNC(=O)CNc1cccc(OCCCCCCC)c1. The first kappa shape index (κ1) is 31.3. The Morgan fingerprint density at radius 3 is 1.77 bits per heavy atom. The summed E-state index contributed by atoms with van der Waals surface area (Å²) in [4.78, 5) is 12.1. The molecule has 0 saturated heterocycles. The van der Waals surface area contributed by atoms with Gasteiger partial charge in [-0.3, -0.25) is 4.79 Å². The van der Waals surface area contributed by atoms with Crippen LogP contribution in [0.25, 0.3) is 0 Å². The molecule has 0 unspecified atom stereocenters. The van der Waals surface area contributed by atoms with E-state index in [9.17, 15) is 4.79 Å². The molecule has 0 atom stereocenters. The largest absolute Gasteiger partial charge is 0.494 e. The second-order valence-corrected chi connectivity index (χ2v) is 10.1. The Kier molecular flexibility index (Phi) is 21.5. The average Bonchev–Trinajstić information content (AvgIpc) is 2.87. The molecule has 1 aromatic carbocycles. The highest BCUT2D eigenvalue weighted by atomic mass is 16.5. The molecule has 1 amide bonds. The van der Waals surface area contributed by atoms with E-state index in [4.69, 9.17) is 4.74 Å². The summed E-state index contributed by atoms with van der Waals surface area (Å²) < 4.78 is 5.85. The van der Waals surface area contributed by atoms with Crippen molar-refractivity contribution in [2.75, 3.05) is 25.0 Å². The molecule has 0 aromatic heterocycles. The van der Waals surface area contributed by atoms with Crippen LogP contribution < -0.4 is 15.4 Å². The maximum atomic E-state index is 12.1. The fourth-order valence-electron chi connectivity index (χ4n) is 4.38. The van der Waals surface area contributed by atoms with Crippen molar-refractivity contribution in [3.05, 3.63) is 24.3 Å². The van der Waals surface area contributed by atoms with E-state index in [1.807, 2.05) is 24.3 Å². The van der Waals surface area contributed by atoms with E-state index in [1.165, 1.54) is 109 Å². The maximum absolute atomic E-state index is 12.1. The lowest BCUT2D eigenvalue weighted by molar-refractivity contribution is -0.119. The van der Waals surface area contributed by atoms with E-state index in [-0.39, 0.29) is 5.91 Å². The summed E-state index contributed by atoms with van der Waals surface area (Å²) in [5, 5.41) is 6.25. The molecule has 202 valence electrons. The number of benzene rings is 1. The Hall–Kier alpha value is -1.71. The normalized spacial score (nSPS) is 10.9. The molecule has 35 heavy (non-hydrogen) atoms. The molecule has 0 aliphatic rings. The third-order valence-electron chi connectivity index (χ3n) is 6.66. The van der Waals surface area contributed by atoms with Gasteiger partial charge in [0.1, 0.15) is 5.75 Å². The molecule has 0 radical (unpaired) electrons. The van der Waals surface area contributed by atoms with Gasteiger partial charge in [0.25, 0.3) is 0 Å². The predicted octanol–water partition coefficient (Wildman–Crippen LogP) is 9.05. The van der Waals surface area contributed by atoms with Crippen LogP contribution in [0.4, 0.5) is 5.69 Å². The summed E-state index contributed by atoms with van der Waals surface area (Å²) in [6.45, 7) is 6.35.